The summed E-state index contributed by atoms with van der Waals surface area (Å²) in [6.45, 7) is 5.48. The van der Waals surface area contributed by atoms with Gasteiger partial charge in [-0.3, -0.25) is 9.59 Å². The standard InChI is InChI=1S/C18H23NO3/c1-3-22-18(21)16-10-12-19(13-11-16)17(20)9-8-15-6-4-14(2)5-7-15/h4-9,16H,3,10-13H2,1-2H3. The van der Waals surface area contributed by atoms with Crippen LogP contribution in [-0.2, 0) is 14.3 Å². The second-order valence-corrected chi connectivity index (χ2v) is 5.60. The fourth-order valence-electron chi connectivity index (χ4n) is 2.55. The maximum Gasteiger partial charge on any atom is 0.309 e. The van der Waals surface area contributed by atoms with E-state index in [0.29, 0.717) is 32.5 Å². The van der Waals surface area contributed by atoms with E-state index in [9.17, 15) is 9.59 Å². The van der Waals surface area contributed by atoms with E-state index in [4.69, 9.17) is 4.74 Å². The average molecular weight is 301 g/mol. The summed E-state index contributed by atoms with van der Waals surface area (Å²) in [5.41, 5.74) is 2.21. The summed E-state index contributed by atoms with van der Waals surface area (Å²) in [5, 5.41) is 0. The Bertz CT molecular complexity index is 540. The number of aryl methyl sites for hydroxylation is 1. The summed E-state index contributed by atoms with van der Waals surface area (Å²) in [5.74, 6) is -0.197. The maximum absolute atomic E-state index is 12.2. The van der Waals surface area contributed by atoms with E-state index >= 15 is 0 Å². The first kappa shape index (κ1) is 16.3. The first-order valence-corrected chi connectivity index (χ1v) is 7.80. The molecule has 1 aliphatic heterocycles. The molecule has 4 heteroatoms. The summed E-state index contributed by atoms with van der Waals surface area (Å²) in [6, 6.07) is 8.03. The van der Waals surface area contributed by atoms with Crippen LogP contribution >= 0.6 is 0 Å². The molecule has 0 radical (unpaired) electrons. The molecule has 1 aromatic rings. The normalized spacial score (nSPS) is 16.0. The zero-order valence-electron chi connectivity index (χ0n) is 13.2. The minimum Gasteiger partial charge on any atom is -0.466 e. The Morgan fingerprint density at radius 2 is 1.86 bits per heavy atom. The van der Waals surface area contributed by atoms with E-state index in [1.165, 1.54) is 5.56 Å². The van der Waals surface area contributed by atoms with E-state index in [1.807, 2.05) is 44.2 Å². The summed E-state index contributed by atoms with van der Waals surface area (Å²) >= 11 is 0. The van der Waals surface area contributed by atoms with Gasteiger partial charge in [0, 0.05) is 19.2 Å². The second kappa shape index (κ2) is 7.78. The van der Waals surface area contributed by atoms with E-state index < -0.39 is 0 Å². The topological polar surface area (TPSA) is 46.6 Å². The van der Waals surface area contributed by atoms with Gasteiger partial charge in [0.1, 0.15) is 0 Å². The van der Waals surface area contributed by atoms with Crippen LogP contribution < -0.4 is 0 Å². The van der Waals surface area contributed by atoms with Crippen LogP contribution in [0.5, 0.6) is 0 Å². The van der Waals surface area contributed by atoms with Gasteiger partial charge in [-0.05, 0) is 38.3 Å². The molecule has 118 valence electrons. The molecule has 4 nitrogen and oxygen atoms in total. The van der Waals surface area contributed by atoms with Crippen molar-refractivity contribution in [3.63, 3.8) is 0 Å². The fourth-order valence-corrected chi connectivity index (χ4v) is 2.55. The lowest BCUT2D eigenvalue weighted by atomic mass is 9.97. The number of likely N-dealkylation sites (tertiary alicyclic amines) is 1. The van der Waals surface area contributed by atoms with Crippen LogP contribution in [0.15, 0.2) is 30.3 Å². The van der Waals surface area contributed by atoms with Crippen molar-refractivity contribution in [2.45, 2.75) is 26.7 Å². The summed E-state index contributed by atoms with van der Waals surface area (Å²) in [7, 11) is 0. The SMILES string of the molecule is CCOC(=O)C1CCN(C(=O)C=Cc2ccc(C)cc2)CC1. The lowest BCUT2D eigenvalue weighted by Crippen LogP contribution is -2.39. The highest BCUT2D eigenvalue weighted by Crippen LogP contribution is 2.19. The molecule has 1 heterocycles. The number of rotatable bonds is 4. The van der Waals surface area contributed by atoms with Crippen LogP contribution in [0.2, 0.25) is 0 Å². The number of ether oxygens (including phenoxy) is 1. The molecule has 1 amide bonds. The Kier molecular flexibility index (Phi) is 5.75. The quantitative estimate of drug-likeness (QED) is 0.634. The molecular formula is C18H23NO3. The van der Waals surface area contributed by atoms with Gasteiger partial charge in [-0.15, -0.1) is 0 Å². The van der Waals surface area contributed by atoms with Gasteiger partial charge in [-0.1, -0.05) is 29.8 Å². The Balaban J connectivity index is 1.84. The third kappa shape index (κ3) is 4.45. The smallest absolute Gasteiger partial charge is 0.309 e. The number of carbonyl (C=O) groups is 2. The molecule has 2 rings (SSSR count). The zero-order valence-corrected chi connectivity index (χ0v) is 13.2. The highest BCUT2D eigenvalue weighted by Gasteiger charge is 2.27. The molecule has 0 spiro atoms. The van der Waals surface area contributed by atoms with Crippen molar-refractivity contribution in [1.29, 1.82) is 0 Å². The van der Waals surface area contributed by atoms with Crippen LogP contribution in [0.3, 0.4) is 0 Å². The van der Waals surface area contributed by atoms with Gasteiger partial charge in [0.05, 0.1) is 12.5 Å². The molecule has 1 aromatic carbocycles. The number of hydrogen-bond donors (Lipinski definition) is 0. The van der Waals surface area contributed by atoms with Crippen molar-refractivity contribution in [3.05, 3.63) is 41.5 Å². The fraction of sp³-hybridized carbons (Fsp3) is 0.444. The van der Waals surface area contributed by atoms with E-state index in [0.717, 1.165) is 5.56 Å². The predicted molar refractivity (Wildman–Crippen MR) is 86.2 cm³/mol. The Morgan fingerprint density at radius 3 is 2.45 bits per heavy atom. The molecule has 0 unspecified atom stereocenters. The summed E-state index contributed by atoms with van der Waals surface area (Å²) in [4.78, 5) is 25.6. The van der Waals surface area contributed by atoms with Gasteiger partial charge in [-0.2, -0.15) is 0 Å². The van der Waals surface area contributed by atoms with Crippen LogP contribution in [-0.4, -0.2) is 36.5 Å². The summed E-state index contributed by atoms with van der Waals surface area (Å²) < 4.78 is 5.04. The molecule has 1 fully saturated rings. The van der Waals surface area contributed by atoms with Gasteiger partial charge >= 0.3 is 5.97 Å². The highest BCUT2D eigenvalue weighted by molar-refractivity contribution is 5.92. The van der Waals surface area contributed by atoms with E-state index in [1.54, 1.807) is 11.0 Å². The lowest BCUT2D eigenvalue weighted by Gasteiger charge is -2.30. The zero-order chi connectivity index (χ0) is 15.9. The van der Waals surface area contributed by atoms with E-state index in [2.05, 4.69) is 0 Å². The van der Waals surface area contributed by atoms with Gasteiger partial charge in [0.2, 0.25) is 5.91 Å². The summed E-state index contributed by atoms with van der Waals surface area (Å²) in [6.07, 6.45) is 4.81. The molecular weight excluding hydrogens is 278 g/mol. The third-order valence-electron chi connectivity index (χ3n) is 3.92. The van der Waals surface area contributed by atoms with E-state index in [-0.39, 0.29) is 17.8 Å². The number of benzene rings is 1. The third-order valence-corrected chi connectivity index (χ3v) is 3.92. The van der Waals surface area contributed by atoms with Gasteiger partial charge < -0.3 is 9.64 Å². The monoisotopic (exact) mass is 301 g/mol. The van der Waals surface area contributed by atoms with Crippen LogP contribution in [0.4, 0.5) is 0 Å². The number of carbonyl (C=O) groups excluding carboxylic acids is 2. The molecule has 0 aromatic heterocycles. The first-order chi connectivity index (χ1) is 10.6. The van der Waals surface area contributed by atoms with Crippen molar-refractivity contribution >= 4 is 18.0 Å². The molecule has 0 bridgehead atoms. The first-order valence-electron chi connectivity index (χ1n) is 7.80. The van der Waals surface area contributed by atoms with Gasteiger partial charge in [-0.25, -0.2) is 0 Å². The molecule has 0 N–H and O–H groups in total. The second-order valence-electron chi connectivity index (χ2n) is 5.60. The van der Waals surface area contributed by atoms with Crippen molar-refractivity contribution < 1.29 is 14.3 Å². The number of hydrogen-bond acceptors (Lipinski definition) is 3. The molecule has 0 aliphatic carbocycles. The largest absolute Gasteiger partial charge is 0.466 e. The van der Waals surface area contributed by atoms with Crippen LogP contribution in [0, 0.1) is 12.8 Å². The molecule has 1 saturated heterocycles. The van der Waals surface area contributed by atoms with Crippen molar-refractivity contribution in [3.8, 4) is 0 Å². The number of amides is 1. The number of piperidine rings is 1. The molecule has 22 heavy (non-hydrogen) atoms. The Hall–Kier alpha value is -2.10. The average Bonchev–Trinajstić information content (AvgIpc) is 2.54. The van der Waals surface area contributed by atoms with Gasteiger partial charge in [0.15, 0.2) is 0 Å². The molecule has 1 aliphatic rings. The lowest BCUT2D eigenvalue weighted by molar-refractivity contribution is -0.150. The van der Waals surface area contributed by atoms with Gasteiger partial charge in [0.25, 0.3) is 0 Å². The molecule has 0 saturated carbocycles. The minimum atomic E-state index is -0.134. The minimum absolute atomic E-state index is 0.00267. The van der Waals surface area contributed by atoms with Crippen molar-refractivity contribution in [2.75, 3.05) is 19.7 Å². The van der Waals surface area contributed by atoms with Crippen LogP contribution in [0.25, 0.3) is 6.08 Å². The Labute approximate surface area is 131 Å². The molecule has 0 atom stereocenters. The number of nitrogens with zero attached hydrogens (tertiary/aromatic N) is 1. The predicted octanol–water partition coefficient (Wildman–Crippen LogP) is 2.81. The maximum atomic E-state index is 12.2. The Morgan fingerprint density at radius 1 is 1.23 bits per heavy atom. The van der Waals surface area contributed by atoms with Crippen molar-refractivity contribution in [1.82, 2.24) is 4.90 Å². The highest BCUT2D eigenvalue weighted by atomic mass is 16.5. The van der Waals surface area contributed by atoms with Crippen molar-refractivity contribution in [2.24, 2.45) is 5.92 Å². The van der Waals surface area contributed by atoms with Crippen LogP contribution in [0.1, 0.15) is 30.9 Å². The number of esters is 1.